The summed E-state index contributed by atoms with van der Waals surface area (Å²) >= 11 is 0. The molecule has 3 rings (SSSR count). The Balaban J connectivity index is 1.77. The normalized spacial score (nSPS) is 18.6. The highest BCUT2D eigenvalue weighted by Crippen LogP contribution is 2.20. The van der Waals surface area contributed by atoms with Crippen LogP contribution in [0.4, 0.5) is 5.69 Å². The number of nitrogens with zero attached hydrogens (tertiary/aromatic N) is 1. The van der Waals surface area contributed by atoms with Gasteiger partial charge in [-0.15, -0.1) is 0 Å². The minimum absolute atomic E-state index is 0.0820. The number of benzene rings is 1. The van der Waals surface area contributed by atoms with Crippen molar-refractivity contribution in [3.63, 3.8) is 0 Å². The number of hydrogen-bond acceptors (Lipinski definition) is 4. The number of fused-ring (bicyclic) bond motifs is 1. The first-order valence-electron chi connectivity index (χ1n) is 6.09. The number of hydrogen-bond donors (Lipinski definition) is 2. The van der Waals surface area contributed by atoms with Crippen molar-refractivity contribution in [3.05, 3.63) is 24.1 Å². The van der Waals surface area contributed by atoms with E-state index in [4.69, 9.17) is 4.42 Å². The molecule has 2 amide bonds. The molecule has 2 N–H and O–H groups in total. The van der Waals surface area contributed by atoms with Crippen LogP contribution in [0, 0.1) is 6.92 Å². The third kappa shape index (κ3) is 2.29. The van der Waals surface area contributed by atoms with Crippen molar-refractivity contribution in [2.24, 2.45) is 0 Å². The van der Waals surface area contributed by atoms with E-state index in [9.17, 15) is 9.59 Å². The number of anilines is 1. The molecule has 1 saturated heterocycles. The van der Waals surface area contributed by atoms with Crippen molar-refractivity contribution in [3.8, 4) is 0 Å². The second-order valence-corrected chi connectivity index (χ2v) is 4.56. The van der Waals surface area contributed by atoms with E-state index in [-0.39, 0.29) is 11.8 Å². The zero-order valence-electron chi connectivity index (χ0n) is 10.4. The van der Waals surface area contributed by atoms with E-state index in [1.165, 1.54) is 0 Å². The molecule has 0 saturated carbocycles. The highest BCUT2D eigenvalue weighted by molar-refractivity contribution is 5.99. The predicted octanol–water partition coefficient (Wildman–Crippen LogP) is 1.35. The van der Waals surface area contributed by atoms with Crippen molar-refractivity contribution >= 4 is 28.6 Å². The maximum absolute atomic E-state index is 11.9. The molecule has 98 valence electrons. The Bertz CT molecular complexity index is 662. The highest BCUT2D eigenvalue weighted by atomic mass is 16.3. The largest absolute Gasteiger partial charge is 0.441 e. The van der Waals surface area contributed by atoms with Crippen LogP contribution < -0.4 is 10.6 Å². The van der Waals surface area contributed by atoms with Gasteiger partial charge in [0, 0.05) is 25.1 Å². The molecule has 0 radical (unpaired) electrons. The standard InChI is InChI=1S/C13H13N3O3/c1-7-14-9-3-2-8(6-11(9)19-7)15-13(18)10-4-5-12(17)16-10/h2-3,6,10H,4-5H2,1H3,(H,15,18)(H,16,17). The molecule has 1 fully saturated rings. The number of carbonyl (C=O) groups excluding carboxylic acids is 2. The molecule has 1 aromatic heterocycles. The monoisotopic (exact) mass is 259 g/mol. The first kappa shape index (κ1) is 11.7. The minimum atomic E-state index is -0.445. The van der Waals surface area contributed by atoms with Crippen LogP contribution in [0.15, 0.2) is 22.6 Å². The van der Waals surface area contributed by atoms with Gasteiger partial charge in [-0.1, -0.05) is 0 Å². The van der Waals surface area contributed by atoms with E-state index in [1.54, 1.807) is 25.1 Å². The van der Waals surface area contributed by atoms with Crippen LogP contribution in [0.5, 0.6) is 0 Å². The van der Waals surface area contributed by atoms with E-state index < -0.39 is 6.04 Å². The van der Waals surface area contributed by atoms with E-state index in [0.717, 1.165) is 5.52 Å². The average molecular weight is 259 g/mol. The summed E-state index contributed by atoms with van der Waals surface area (Å²) in [5.74, 6) is 0.296. The van der Waals surface area contributed by atoms with Gasteiger partial charge in [0.25, 0.3) is 0 Å². The smallest absolute Gasteiger partial charge is 0.246 e. The van der Waals surface area contributed by atoms with E-state index in [2.05, 4.69) is 15.6 Å². The third-order valence-electron chi connectivity index (χ3n) is 3.07. The topological polar surface area (TPSA) is 84.2 Å². The molecule has 2 heterocycles. The number of amides is 2. The molecule has 2 aromatic rings. The van der Waals surface area contributed by atoms with Gasteiger partial charge in [-0.05, 0) is 18.6 Å². The Kier molecular flexibility index (Phi) is 2.70. The molecule has 1 aliphatic heterocycles. The lowest BCUT2D eigenvalue weighted by atomic mass is 10.2. The maximum Gasteiger partial charge on any atom is 0.246 e. The van der Waals surface area contributed by atoms with Crippen LogP contribution in [-0.4, -0.2) is 22.8 Å². The number of oxazole rings is 1. The Labute approximate surface area is 109 Å². The summed E-state index contributed by atoms with van der Waals surface area (Å²) in [6, 6.07) is 4.83. The van der Waals surface area contributed by atoms with Gasteiger partial charge in [0.15, 0.2) is 11.5 Å². The van der Waals surface area contributed by atoms with Crippen LogP contribution >= 0.6 is 0 Å². The number of aryl methyl sites for hydroxylation is 1. The van der Waals surface area contributed by atoms with Crippen LogP contribution in [-0.2, 0) is 9.59 Å². The van der Waals surface area contributed by atoms with Gasteiger partial charge in [0.05, 0.1) is 0 Å². The molecule has 0 spiro atoms. The first-order chi connectivity index (χ1) is 9.11. The first-order valence-corrected chi connectivity index (χ1v) is 6.09. The molecule has 1 unspecified atom stereocenters. The lowest BCUT2D eigenvalue weighted by Crippen LogP contribution is -2.37. The predicted molar refractivity (Wildman–Crippen MR) is 68.5 cm³/mol. The number of aromatic nitrogens is 1. The van der Waals surface area contributed by atoms with Crippen molar-refractivity contribution in [2.75, 3.05) is 5.32 Å². The summed E-state index contributed by atoms with van der Waals surface area (Å²) in [5, 5.41) is 5.39. The highest BCUT2D eigenvalue weighted by Gasteiger charge is 2.27. The molecular formula is C13H13N3O3. The quantitative estimate of drug-likeness (QED) is 0.852. The molecule has 19 heavy (non-hydrogen) atoms. The summed E-state index contributed by atoms with van der Waals surface area (Å²) in [6.45, 7) is 1.77. The molecule has 1 aromatic carbocycles. The summed E-state index contributed by atoms with van der Waals surface area (Å²) in [4.78, 5) is 27.2. The van der Waals surface area contributed by atoms with Crippen LogP contribution in [0.2, 0.25) is 0 Å². The van der Waals surface area contributed by atoms with Crippen molar-refractivity contribution in [1.82, 2.24) is 10.3 Å². The van der Waals surface area contributed by atoms with Gasteiger partial charge in [-0.2, -0.15) is 0 Å². The lowest BCUT2D eigenvalue weighted by Gasteiger charge is -2.10. The number of rotatable bonds is 2. The Hall–Kier alpha value is -2.37. The second kappa shape index (κ2) is 4.38. The van der Waals surface area contributed by atoms with Gasteiger partial charge in [-0.25, -0.2) is 4.98 Å². The molecular weight excluding hydrogens is 246 g/mol. The second-order valence-electron chi connectivity index (χ2n) is 4.56. The van der Waals surface area contributed by atoms with Gasteiger partial charge < -0.3 is 15.1 Å². The van der Waals surface area contributed by atoms with Crippen LogP contribution in [0.3, 0.4) is 0 Å². The molecule has 0 aliphatic carbocycles. The fraction of sp³-hybridized carbons (Fsp3) is 0.308. The summed E-state index contributed by atoms with van der Waals surface area (Å²) in [5.41, 5.74) is 2.02. The van der Waals surface area contributed by atoms with Gasteiger partial charge in [0.2, 0.25) is 11.8 Å². The molecule has 0 bridgehead atoms. The lowest BCUT2D eigenvalue weighted by molar-refractivity contribution is -0.122. The SMILES string of the molecule is Cc1nc2ccc(NC(=O)C3CCC(=O)N3)cc2o1. The third-order valence-corrected chi connectivity index (χ3v) is 3.07. The number of nitrogens with one attached hydrogen (secondary N) is 2. The Morgan fingerprint density at radius 3 is 3.11 bits per heavy atom. The summed E-state index contributed by atoms with van der Waals surface area (Å²) in [6.07, 6.45) is 0.937. The molecule has 6 nitrogen and oxygen atoms in total. The summed E-state index contributed by atoms with van der Waals surface area (Å²) < 4.78 is 5.40. The fourth-order valence-corrected chi connectivity index (χ4v) is 2.16. The maximum atomic E-state index is 11.9. The van der Waals surface area contributed by atoms with Gasteiger partial charge in [0.1, 0.15) is 11.6 Å². The van der Waals surface area contributed by atoms with E-state index in [1.807, 2.05) is 0 Å². The van der Waals surface area contributed by atoms with E-state index >= 15 is 0 Å². The van der Waals surface area contributed by atoms with Crippen molar-refractivity contribution in [2.45, 2.75) is 25.8 Å². The fourth-order valence-electron chi connectivity index (χ4n) is 2.16. The zero-order valence-corrected chi connectivity index (χ0v) is 10.4. The van der Waals surface area contributed by atoms with Crippen molar-refractivity contribution < 1.29 is 14.0 Å². The molecule has 1 atom stereocenters. The van der Waals surface area contributed by atoms with Crippen LogP contribution in [0.25, 0.3) is 11.1 Å². The van der Waals surface area contributed by atoms with Gasteiger partial charge in [-0.3, -0.25) is 9.59 Å². The Morgan fingerprint density at radius 2 is 2.37 bits per heavy atom. The number of carbonyl (C=O) groups is 2. The van der Waals surface area contributed by atoms with Gasteiger partial charge >= 0.3 is 0 Å². The summed E-state index contributed by atoms with van der Waals surface area (Å²) in [7, 11) is 0. The van der Waals surface area contributed by atoms with Crippen molar-refractivity contribution in [1.29, 1.82) is 0 Å². The molecule has 6 heteroatoms. The van der Waals surface area contributed by atoms with Crippen LogP contribution in [0.1, 0.15) is 18.7 Å². The Morgan fingerprint density at radius 1 is 1.53 bits per heavy atom. The minimum Gasteiger partial charge on any atom is -0.441 e. The molecule has 1 aliphatic rings. The zero-order chi connectivity index (χ0) is 13.4. The average Bonchev–Trinajstić information content (AvgIpc) is 2.93. The van der Waals surface area contributed by atoms with E-state index in [0.29, 0.717) is 30.0 Å².